The molecule has 0 aromatic heterocycles. The van der Waals surface area contributed by atoms with Crippen molar-refractivity contribution in [2.24, 2.45) is 0 Å². The first-order valence-corrected chi connectivity index (χ1v) is 7.64. The second-order valence-electron chi connectivity index (χ2n) is 3.84. The van der Waals surface area contributed by atoms with Crippen LogP contribution in [0.15, 0.2) is 18.2 Å². The molecule has 0 unspecified atom stereocenters. The summed E-state index contributed by atoms with van der Waals surface area (Å²) in [5.74, 6) is -0.541. The van der Waals surface area contributed by atoms with E-state index in [2.05, 4.69) is 10.0 Å². The third-order valence-electron chi connectivity index (χ3n) is 2.18. The molecule has 20 heavy (non-hydrogen) atoms. The number of carbonyl (C=O) groups is 1. The summed E-state index contributed by atoms with van der Waals surface area (Å²) in [4.78, 5) is 21.6. The minimum atomic E-state index is -3.31. The lowest BCUT2D eigenvalue weighted by molar-refractivity contribution is -0.384. The first-order valence-electron chi connectivity index (χ1n) is 5.37. The molecule has 0 aliphatic rings. The average molecular weight is 322 g/mol. The summed E-state index contributed by atoms with van der Waals surface area (Å²) in [6.07, 6.45) is 1.00. The van der Waals surface area contributed by atoms with E-state index in [0.717, 1.165) is 18.4 Å². The van der Waals surface area contributed by atoms with E-state index in [9.17, 15) is 23.3 Å². The van der Waals surface area contributed by atoms with Gasteiger partial charge in [-0.25, -0.2) is 13.1 Å². The Morgan fingerprint density at radius 2 is 2.05 bits per heavy atom. The summed E-state index contributed by atoms with van der Waals surface area (Å²) in [6, 6.07) is 3.47. The number of nitrogens with zero attached hydrogens (tertiary/aromatic N) is 1. The number of carbonyl (C=O) groups excluding carboxylic acids is 1. The van der Waals surface area contributed by atoms with Crippen LogP contribution in [-0.2, 0) is 10.0 Å². The van der Waals surface area contributed by atoms with Gasteiger partial charge in [0.05, 0.1) is 21.8 Å². The fourth-order valence-electron chi connectivity index (χ4n) is 1.31. The quantitative estimate of drug-likeness (QED) is 0.450. The topological polar surface area (TPSA) is 118 Å². The maximum absolute atomic E-state index is 11.7. The van der Waals surface area contributed by atoms with Crippen LogP contribution in [0.5, 0.6) is 0 Å². The van der Waals surface area contributed by atoms with Crippen molar-refractivity contribution in [3.05, 3.63) is 38.9 Å². The van der Waals surface area contributed by atoms with Crippen LogP contribution in [0.25, 0.3) is 0 Å². The number of nitrogens with one attached hydrogen (secondary N) is 2. The van der Waals surface area contributed by atoms with Crippen molar-refractivity contribution < 1.29 is 18.1 Å². The zero-order chi connectivity index (χ0) is 15.3. The van der Waals surface area contributed by atoms with E-state index in [1.54, 1.807) is 0 Å². The van der Waals surface area contributed by atoms with Gasteiger partial charge in [-0.05, 0) is 6.07 Å². The predicted octanol–water partition coefficient (Wildman–Crippen LogP) is 0.527. The number of hydrogen-bond donors (Lipinski definition) is 2. The van der Waals surface area contributed by atoms with Gasteiger partial charge in [0.2, 0.25) is 10.0 Å². The average Bonchev–Trinajstić information content (AvgIpc) is 2.33. The maximum Gasteiger partial charge on any atom is 0.270 e. The molecular formula is C10H12ClN3O5S. The van der Waals surface area contributed by atoms with Gasteiger partial charge in [-0.2, -0.15) is 0 Å². The number of rotatable bonds is 6. The molecular weight excluding hydrogens is 310 g/mol. The molecule has 0 atom stereocenters. The monoisotopic (exact) mass is 321 g/mol. The fraction of sp³-hybridized carbons (Fsp3) is 0.300. The first-order chi connectivity index (χ1) is 9.20. The Hall–Kier alpha value is -1.71. The zero-order valence-electron chi connectivity index (χ0n) is 10.4. The first kappa shape index (κ1) is 16.3. The van der Waals surface area contributed by atoms with Gasteiger partial charge < -0.3 is 5.32 Å². The van der Waals surface area contributed by atoms with E-state index in [-0.39, 0.29) is 29.4 Å². The van der Waals surface area contributed by atoms with Gasteiger partial charge in [-0.3, -0.25) is 14.9 Å². The number of nitro groups is 1. The largest absolute Gasteiger partial charge is 0.351 e. The van der Waals surface area contributed by atoms with Gasteiger partial charge in [-0.1, -0.05) is 11.6 Å². The second kappa shape index (κ2) is 6.64. The lowest BCUT2D eigenvalue weighted by Gasteiger charge is -2.07. The summed E-state index contributed by atoms with van der Waals surface area (Å²) in [5, 5.41) is 12.9. The molecule has 0 spiro atoms. The van der Waals surface area contributed by atoms with E-state index >= 15 is 0 Å². The lowest BCUT2D eigenvalue weighted by atomic mass is 10.2. The summed E-state index contributed by atoms with van der Waals surface area (Å²) in [6.45, 7) is 0.106. The van der Waals surface area contributed by atoms with Crippen LogP contribution >= 0.6 is 11.6 Å². The molecule has 110 valence electrons. The number of halogens is 1. The molecule has 0 aliphatic carbocycles. The van der Waals surface area contributed by atoms with E-state index in [4.69, 9.17) is 11.6 Å². The minimum absolute atomic E-state index is 0.0369. The fourth-order valence-corrected chi connectivity index (χ4v) is 2.04. The molecule has 1 aromatic carbocycles. The summed E-state index contributed by atoms with van der Waals surface area (Å²) in [7, 11) is -3.31. The van der Waals surface area contributed by atoms with Crippen LogP contribution in [0.2, 0.25) is 5.02 Å². The Balaban J connectivity index is 2.62. The van der Waals surface area contributed by atoms with Gasteiger partial charge in [0, 0.05) is 25.2 Å². The van der Waals surface area contributed by atoms with Crippen molar-refractivity contribution in [2.45, 2.75) is 0 Å². The van der Waals surface area contributed by atoms with Crippen LogP contribution in [0.1, 0.15) is 10.4 Å². The minimum Gasteiger partial charge on any atom is -0.351 e. The Labute approximate surface area is 120 Å². The third-order valence-corrected chi connectivity index (χ3v) is 3.22. The molecule has 1 aromatic rings. The Kier molecular flexibility index (Phi) is 5.43. The molecule has 2 N–H and O–H groups in total. The Morgan fingerprint density at radius 1 is 1.40 bits per heavy atom. The highest BCUT2D eigenvalue weighted by atomic mass is 35.5. The SMILES string of the molecule is CS(=O)(=O)NCCNC(=O)c1ccc([N+](=O)[O-])cc1Cl. The van der Waals surface area contributed by atoms with Crippen LogP contribution in [0.4, 0.5) is 5.69 Å². The lowest BCUT2D eigenvalue weighted by Crippen LogP contribution is -2.34. The molecule has 1 rings (SSSR count). The van der Waals surface area contributed by atoms with Crippen molar-refractivity contribution >= 4 is 33.2 Å². The number of nitro benzene ring substituents is 1. The number of non-ortho nitro benzene ring substituents is 1. The Morgan fingerprint density at radius 3 is 2.55 bits per heavy atom. The maximum atomic E-state index is 11.7. The molecule has 10 heteroatoms. The molecule has 0 fully saturated rings. The molecule has 1 amide bonds. The third kappa shape index (κ3) is 5.11. The van der Waals surface area contributed by atoms with E-state index in [1.807, 2.05) is 0 Å². The highest BCUT2D eigenvalue weighted by Gasteiger charge is 2.14. The van der Waals surface area contributed by atoms with Gasteiger partial charge >= 0.3 is 0 Å². The number of sulfonamides is 1. The summed E-state index contributed by atoms with van der Waals surface area (Å²) in [5.41, 5.74) is -0.137. The smallest absolute Gasteiger partial charge is 0.270 e. The van der Waals surface area contributed by atoms with Crippen LogP contribution in [-0.4, -0.2) is 38.6 Å². The molecule has 0 radical (unpaired) electrons. The standard InChI is InChI=1S/C10H12ClN3O5S/c1-20(18,19)13-5-4-12-10(15)8-3-2-7(14(16)17)6-9(8)11/h2-3,6,13H,4-5H2,1H3,(H,12,15). The molecule has 0 saturated heterocycles. The summed E-state index contributed by atoms with van der Waals surface area (Å²) < 4.78 is 23.8. The molecule has 0 saturated carbocycles. The van der Waals surface area contributed by atoms with Crippen LogP contribution in [0, 0.1) is 10.1 Å². The molecule has 0 aliphatic heterocycles. The zero-order valence-corrected chi connectivity index (χ0v) is 12.0. The number of hydrogen-bond acceptors (Lipinski definition) is 5. The second-order valence-corrected chi connectivity index (χ2v) is 6.08. The van der Waals surface area contributed by atoms with Crippen molar-refractivity contribution in [1.29, 1.82) is 0 Å². The van der Waals surface area contributed by atoms with Gasteiger partial charge in [0.15, 0.2) is 0 Å². The normalized spacial score (nSPS) is 11.1. The van der Waals surface area contributed by atoms with E-state index in [1.165, 1.54) is 6.07 Å². The Bertz CT molecular complexity index is 632. The van der Waals surface area contributed by atoms with E-state index < -0.39 is 20.9 Å². The van der Waals surface area contributed by atoms with Crippen molar-refractivity contribution in [3.8, 4) is 0 Å². The molecule has 0 heterocycles. The van der Waals surface area contributed by atoms with Gasteiger partial charge in [0.25, 0.3) is 11.6 Å². The highest BCUT2D eigenvalue weighted by Crippen LogP contribution is 2.22. The van der Waals surface area contributed by atoms with Gasteiger partial charge in [-0.15, -0.1) is 0 Å². The molecule has 8 nitrogen and oxygen atoms in total. The van der Waals surface area contributed by atoms with Gasteiger partial charge in [0.1, 0.15) is 0 Å². The van der Waals surface area contributed by atoms with Crippen LogP contribution in [0.3, 0.4) is 0 Å². The number of benzene rings is 1. The summed E-state index contributed by atoms with van der Waals surface area (Å²) >= 11 is 5.78. The van der Waals surface area contributed by atoms with Crippen molar-refractivity contribution in [3.63, 3.8) is 0 Å². The van der Waals surface area contributed by atoms with Crippen LogP contribution < -0.4 is 10.0 Å². The number of amides is 1. The predicted molar refractivity (Wildman–Crippen MR) is 73.3 cm³/mol. The van der Waals surface area contributed by atoms with E-state index in [0.29, 0.717) is 0 Å². The highest BCUT2D eigenvalue weighted by molar-refractivity contribution is 7.88. The van der Waals surface area contributed by atoms with Crippen molar-refractivity contribution in [1.82, 2.24) is 10.0 Å². The molecule has 0 bridgehead atoms. The van der Waals surface area contributed by atoms with Crippen molar-refractivity contribution in [2.75, 3.05) is 19.3 Å².